The molecule has 0 aromatic rings. The van der Waals surface area contributed by atoms with E-state index in [-0.39, 0.29) is 0 Å². The average Bonchev–Trinajstić information content (AvgIpc) is 1.68. The first-order valence-corrected chi connectivity index (χ1v) is 1.62. The lowest BCUT2D eigenvalue weighted by Crippen LogP contribution is -2.04. The molecule has 0 fully saturated rings. The summed E-state index contributed by atoms with van der Waals surface area (Å²) in [6.07, 6.45) is 0.639. The van der Waals surface area contributed by atoms with Gasteiger partial charge in [0.2, 0.25) is 0 Å². The Morgan fingerprint density at radius 2 is 2.57 bits per heavy atom. The molecule has 0 aromatic heterocycles. The molecule has 4 nitrogen and oxygen atoms in total. The van der Waals surface area contributed by atoms with Crippen molar-refractivity contribution in [3.05, 3.63) is 5.53 Å². The molecule has 0 aliphatic rings. The second-order valence-corrected chi connectivity index (χ2v) is 0.869. The van der Waals surface area contributed by atoms with Gasteiger partial charge in [0.05, 0.1) is 0 Å². The standard InChI is InChI=1S/C3H4N2O2/c4-5-1-3(7)2-6/h1,6H,2H2. The number of nitrogens with zero attached hydrogens (tertiary/aromatic N) is 2. The first-order chi connectivity index (χ1) is 3.31. The smallest absolute Gasteiger partial charge is 0.325 e. The number of hydrogen-bond donors (Lipinski definition) is 1. The first kappa shape index (κ1) is 6.01. The van der Waals surface area contributed by atoms with Gasteiger partial charge in [0.25, 0.3) is 5.78 Å². The van der Waals surface area contributed by atoms with Gasteiger partial charge in [0, 0.05) is 0 Å². The number of aliphatic hydroxyl groups is 1. The number of Topliss-reactive ketones (excluding diaryl/α,β-unsaturated/α-hetero) is 1. The van der Waals surface area contributed by atoms with Crippen LogP contribution in [0.25, 0.3) is 5.53 Å². The van der Waals surface area contributed by atoms with E-state index < -0.39 is 12.4 Å². The highest BCUT2D eigenvalue weighted by Crippen LogP contribution is 1.54. The van der Waals surface area contributed by atoms with Gasteiger partial charge in [-0.05, 0) is 0 Å². The molecule has 0 amide bonds. The molecule has 0 heterocycles. The minimum atomic E-state index is -0.609. The molecule has 0 saturated heterocycles. The monoisotopic (exact) mass is 100 g/mol. The van der Waals surface area contributed by atoms with Crippen LogP contribution in [-0.4, -0.2) is 28.5 Å². The normalized spacial score (nSPS) is 7.00. The Labute approximate surface area is 40.0 Å². The topological polar surface area (TPSA) is 73.7 Å². The molecule has 0 unspecified atom stereocenters. The zero-order chi connectivity index (χ0) is 5.70. The maximum atomic E-state index is 9.85. The largest absolute Gasteiger partial charge is 0.388 e. The summed E-state index contributed by atoms with van der Waals surface area (Å²) in [6.45, 7) is -0.607. The van der Waals surface area contributed by atoms with E-state index in [1.807, 2.05) is 0 Å². The number of ketones is 1. The fraction of sp³-hybridized carbons (Fsp3) is 0.333. The lowest BCUT2D eigenvalue weighted by atomic mass is 10.5. The van der Waals surface area contributed by atoms with Crippen LogP contribution in [0.1, 0.15) is 0 Å². The van der Waals surface area contributed by atoms with Crippen LogP contribution in [0.15, 0.2) is 0 Å². The number of rotatable bonds is 2. The lowest BCUT2D eigenvalue weighted by molar-refractivity contribution is -0.118. The van der Waals surface area contributed by atoms with E-state index in [0.29, 0.717) is 6.21 Å². The van der Waals surface area contributed by atoms with Crippen molar-refractivity contribution in [1.82, 2.24) is 0 Å². The van der Waals surface area contributed by atoms with Crippen LogP contribution < -0.4 is 0 Å². The average molecular weight is 100 g/mol. The molecule has 1 N–H and O–H groups in total. The summed E-state index contributed by atoms with van der Waals surface area (Å²) in [5.74, 6) is -0.609. The summed E-state index contributed by atoms with van der Waals surface area (Å²) in [7, 11) is 0. The number of carbonyl (C=O) groups excluding carboxylic acids is 1. The SMILES string of the molecule is [N-]=[N+]=CC(=O)CO. The molecule has 0 bridgehead atoms. The van der Waals surface area contributed by atoms with E-state index in [0.717, 1.165) is 0 Å². The number of carbonyl (C=O) groups is 1. The fourth-order valence-electron chi connectivity index (χ4n) is 0.105. The van der Waals surface area contributed by atoms with Crippen LogP contribution in [0.4, 0.5) is 0 Å². The van der Waals surface area contributed by atoms with Crippen molar-refractivity contribution in [2.24, 2.45) is 0 Å². The third-order valence-corrected chi connectivity index (χ3v) is 0.358. The molecular weight excluding hydrogens is 96.0 g/mol. The molecule has 0 aromatic carbocycles. The highest BCUT2D eigenvalue weighted by atomic mass is 16.3. The highest BCUT2D eigenvalue weighted by molar-refractivity contribution is 6.25. The lowest BCUT2D eigenvalue weighted by Gasteiger charge is -1.69. The summed E-state index contributed by atoms with van der Waals surface area (Å²) in [4.78, 5) is 12.2. The summed E-state index contributed by atoms with van der Waals surface area (Å²) >= 11 is 0. The number of aliphatic hydroxyl groups excluding tert-OH is 1. The van der Waals surface area contributed by atoms with Gasteiger partial charge < -0.3 is 10.6 Å². The van der Waals surface area contributed by atoms with Gasteiger partial charge in [-0.25, -0.2) is 0 Å². The van der Waals surface area contributed by atoms with E-state index in [1.54, 1.807) is 0 Å². The zero-order valence-electron chi connectivity index (χ0n) is 3.53. The van der Waals surface area contributed by atoms with E-state index >= 15 is 0 Å². The number of hydrogen-bond acceptors (Lipinski definition) is 2. The Morgan fingerprint density at radius 3 is 2.71 bits per heavy atom. The van der Waals surface area contributed by atoms with Gasteiger partial charge >= 0.3 is 6.21 Å². The summed E-state index contributed by atoms with van der Waals surface area (Å²) < 4.78 is 0. The van der Waals surface area contributed by atoms with Gasteiger partial charge in [-0.1, -0.05) is 0 Å². The Bertz CT molecular complexity index is 114. The highest BCUT2D eigenvalue weighted by Gasteiger charge is 1.94. The van der Waals surface area contributed by atoms with Crippen LogP contribution in [0.5, 0.6) is 0 Å². The van der Waals surface area contributed by atoms with Gasteiger partial charge in [0.15, 0.2) is 0 Å². The van der Waals surface area contributed by atoms with Crippen molar-refractivity contribution >= 4 is 12.0 Å². The van der Waals surface area contributed by atoms with Gasteiger partial charge in [0.1, 0.15) is 6.61 Å². The summed E-state index contributed by atoms with van der Waals surface area (Å²) in [5.41, 5.74) is 7.61. The van der Waals surface area contributed by atoms with Crippen LogP contribution in [0, 0.1) is 0 Å². The third kappa shape index (κ3) is 2.82. The predicted octanol–water partition coefficient (Wildman–Crippen LogP) is -1.15. The van der Waals surface area contributed by atoms with Crippen molar-refractivity contribution < 1.29 is 14.7 Å². The molecule has 0 spiro atoms. The van der Waals surface area contributed by atoms with Crippen molar-refractivity contribution in [1.29, 1.82) is 0 Å². The molecule has 0 atom stereocenters. The minimum absolute atomic E-state index is 0.607. The molecule has 0 saturated carbocycles. The van der Waals surface area contributed by atoms with Crippen molar-refractivity contribution in [2.45, 2.75) is 0 Å². The molecule has 7 heavy (non-hydrogen) atoms. The molecule has 38 valence electrons. The van der Waals surface area contributed by atoms with E-state index in [4.69, 9.17) is 10.6 Å². The van der Waals surface area contributed by atoms with Crippen LogP contribution in [0.2, 0.25) is 0 Å². The molecule has 0 rings (SSSR count). The third-order valence-electron chi connectivity index (χ3n) is 0.358. The van der Waals surface area contributed by atoms with E-state index in [1.165, 1.54) is 0 Å². The van der Waals surface area contributed by atoms with Gasteiger partial charge in [-0.3, -0.25) is 4.79 Å². The maximum Gasteiger partial charge on any atom is 0.325 e. The summed E-state index contributed by atoms with van der Waals surface area (Å²) in [6, 6.07) is 0. The minimum Gasteiger partial charge on any atom is -0.388 e. The molecule has 0 radical (unpaired) electrons. The zero-order valence-corrected chi connectivity index (χ0v) is 3.53. The van der Waals surface area contributed by atoms with Crippen LogP contribution in [-0.2, 0) is 4.79 Å². The van der Waals surface area contributed by atoms with Crippen LogP contribution in [0.3, 0.4) is 0 Å². The molecular formula is C3H4N2O2. The second kappa shape index (κ2) is 3.21. The van der Waals surface area contributed by atoms with Crippen molar-refractivity contribution in [3.63, 3.8) is 0 Å². The predicted molar refractivity (Wildman–Crippen MR) is 21.8 cm³/mol. The second-order valence-electron chi connectivity index (χ2n) is 0.869. The Kier molecular flexibility index (Phi) is 2.76. The van der Waals surface area contributed by atoms with Gasteiger partial charge in [-0.15, -0.1) is 0 Å². The molecule has 4 heteroatoms. The molecule has 0 aliphatic carbocycles. The Hall–Kier alpha value is -0.990. The molecule has 0 aliphatic heterocycles. The van der Waals surface area contributed by atoms with Crippen molar-refractivity contribution in [3.8, 4) is 0 Å². The van der Waals surface area contributed by atoms with Crippen LogP contribution >= 0.6 is 0 Å². The van der Waals surface area contributed by atoms with E-state index in [9.17, 15) is 4.79 Å². The first-order valence-electron chi connectivity index (χ1n) is 1.62. The van der Waals surface area contributed by atoms with Crippen molar-refractivity contribution in [2.75, 3.05) is 6.61 Å². The quantitative estimate of drug-likeness (QED) is 0.270. The maximum absolute atomic E-state index is 9.85. The Morgan fingerprint density at radius 1 is 2.00 bits per heavy atom. The summed E-state index contributed by atoms with van der Waals surface area (Å²) in [5, 5.41) is 7.91. The van der Waals surface area contributed by atoms with Gasteiger partial charge in [-0.2, -0.15) is 4.79 Å². The Balaban J connectivity index is 3.58. The van der Waals surface area contributed by atoms with E-state index in [2.05, 4.69) is 4.79 Å². The fourth-order valence-corrected chi connectivity index (χ4v) is 0.105.